The second kappa shape index (κ2) is 6.20. The molecule has 0 atom stereocenters. The van der Waals surface area contributed by atoms with Crippen LogP contribution in [0, 0.1) is 11.6 Å². The summed E-state index contributed by atoms with van der Waals surface area (Å²) in [5.41, 5.74) is 6.37. The van der Waals surface area contributed by atoms with Crippen LogP contribution >= 0.6 is 0 Å². The molecule has 0 aliphatic rings. The van der Waals surface area contributed by atoms with Crippen LogP contribution in [0.15, 0.2) is 49.2 Å². The Morgan fingerprint density at radius 3 is 2.60 bits per heavy atom. The average molecular weight is 341 g/mol. The molecule has 3 rings (SSSR count). The van der Waals surface area contributed by atoms with Crippen LogP contribution in [0.3, 0.4) is 0 Å². The maximum atomic E-state index is 14.4. The fraction of sp³-hybridized carbons (Fsp3) is 0. The lowest BCUT2D eigenvalue weighted by atomic mass is 9.98. The van der Waals surface area contributed by atoms with E-state index in [-0.39, 0.29) is 16.8 Å². The topological polar surface area (TPSA) is 88.0 Å². The third-order valence-corrected chi connectivity index (χ3v) is 3.76. The highest BCUT2D eigenvalue weighted by Gasteiger charge is 2.18. The Hall–Kier alpha value is -3.48. The molecule has 1 aromatic heterocycles. The first-order valence-electron chi connectivity index (χ1n) is 7.25. The first-order valence-corrected chi connectivity index (χ1v) is 7.25. The van der Waals surface area contributed by atoms with Gasteiger partial charge in [0.25, 0.3) is 5.91 Å². The van der Waals surface area contributed by atoms with Gasteiger partial charge < -0.3 is 16.0 Å². The van der Waals surface area contributed by atoms with Gasteiger partial charge in [0.15, 0.2) is 11.6 Å². The van der Waals surface area contributed by atoms with Gasteiger partial charge in [-0.25, -0.2) is 8.78 Å². The molecule has 2 amide bonds. The van der Waals surface area contributed by atoms with E-state index in [1.807, 2.05) is 0 Å². The van der Waals surface area contributed by atoms with E-state index in [0.717, 1.165) is 12.1 Å². The monoisotopic (exact) mass is 341 g/mol. The minimum absolute atomic E-state index is 0.0556. The van der Waals surface area contributed by atoms with Gasteiger partial charge in [-0.3, -0.25) is 9.59 Å². The van der Waals surface area contributed by atoms with E-state index in [9.17, 15) is 18.4 Å². The number of amides is 2. The molecule has 4 N–H and O–H groups in total. The minimum Gasteiger partial charge on any atom is -0.366 e. The summed E-state index contributed by atoms with van der Waals surface area (Å²) in [6, 6.07) is 6.73. The summed E-state index contributed by atoms with van der Waals surface area (Å²) in [4.78, 5) is 25.8. The molecule has 1 heterocycles. The van der Waals surface area contributed by atoms with E-state index in [1.54, 1.807) is 12.3 Å². The number of anilines is 1. The summed E-state index contributed by atoms with van der Waals surface area (Å²) < 4.78 is 28.3. The zero-order chi connectivity index (χ0) is 18.1. The highest BCUT2D eigenvalue weighted by atomic mass is 19.2. The smallest absolute Gasteiger partial charge is 0.250 e. The number of aromatic nitrogens is 1. The quantitative estimate of drug-likeness (QED) is 0.636. The molecule has 2 aromatic carbocycles. The van der Waals surface area contributed by atoms with E-state index in [4.69, 9.17) is 5.73 Å². The number of carbonyl (C=O) groups is 2. The Bertz CT molecular complexity index is 1020. The molecule has 0 aliphatic heterocycles. The fourth-order valence-electron chi connectivity index (χ4n) is 2.65. The Labute approximate surface area is 141 Å². The largest absolute Gasteiger partial charge is 0.366 e. The molecule has 3 aromatic rings. The van der Waals surface area contributed by atoms with Crippen molar-refractivity contribution in [2.75, 3.05) is 5.32 Å². The Morgan fingerprint density at radius 2 is 1.92 bits per heavy atom. The zero-order valence-corrected chi connectivity index (χ0v) is 12.9. The van der Waals surface area contributed by atoms with Crippen LogP contribution in [0.25, 0.3) is 22.0 Å². The molecule has 7 heteroatoms. The second-order valence-corrected chi connectivity index (χ2v) is 5.30. The maximum absolute atomic E-state index is 14.4. The fourth-order valence-corrected chi connectivity index (χ4v) is 2.65. The van der Waals surface area contributed by atoms with Gasteiger partial charge in [-0.1, -0.05) is 12.6 Å². The van der Waals surface area contributed by atoms with Crippen molar-refractivity contribution in [3.8, 4) is 11.1 Å². The normalized spacial score (nSPS) is 10.6. The number of rotatable bonds is 4. The summed E-state index contributed by atoms with van der Waals surface area (Å²) in [7, 11) is 0. The first-order chi connectivity index (χ1) is 11.9. The predicted octanol–water partition coefficient (Wildman–Crippen LogP) is 3.34. The van der Waals surface area contributed by atoms with Gasteiger partial charge in [-0.05, 0) is 29.8 Å². The van der Waals surface area contributed by atoms with Gasteiger partial charge in [0.1, 0.15) is 0 Å². The SMILES string of the molecule is C=CC(=O)Nc1cc(F)c(F)c(-c2ccc(C(N)=O)c3[nH]ccc23)c1. The summed E-state index contributed by atoms with van der Waals surface area (Å²) in [5, 5.41) is 2.90. The second-order valence-electron chi connectivity index (χ2n) is 5.30. The maximum Gasteiger partial charge on any atom is 0.250 e. The van der Waals surface area contributed by atoms with Gasteiger partial charge in [0.05, 0.1) is 11.1 Å². The lowest BCUT2D eigenvalue weighted by Gasteiger charge is -2.11. The van der Waals surface area contributed by atoms with E-state index >= 15 is 0 Å². The standard InChI is InChI=1S/C18H13F2N3O2/c1-2-15(24)23-9-7-13(16(20)14(19)8-9)10-3-4-12(18(21)25)17-11(10)5-6-22-17/h2-8,22H,1H2,(H2,21,25)(H,23,24). The number of hydrogen-bond donors (Lipinski definition) is 3. The predicted molar refractivity (Wildman–Crippen MR) is 91.0 cm³/mol. The summed E-state index contributed by atoms with van der Waals surface area (Å²) in [5.74, 6) is -3.36. The number of halogens is 2. The van der Waals surface area contributed by atoms with Crippen LogP contribution in [0.2, 0.25) is 0 Å². The summed E-state index contributed by atoms with van der Waals surface area (Å²) in [6.45, 7) is 3.31. The number of nitrogens with two attached hydrogens (primary N) is 1. The van der Waals surface area contributed by atoms with Crippen molar-refractivity contribution in [2.24, 2.45) is 5.73 Å². The number of aromatic amines is 1. The Balaban J connectivity index is 2.23. The van der Waals surface area contributed by atoms with Crippen LogP contribution in [0.5, 0.6) is 0 Å². The molecule has 0 aliphatic carbocycles. The number of carbonyl (C=O) groups excluding carboxylic acids is 2. The number of benzene rings is 2. The number of primary amides is 1. The molecule has 0 radical (unpaired) electrons. The van der Waals surface area contributed by atoms with Crippen molar-refractivity contribution in [2.45, 2.75) is 0 Å². The molecule has 5 nitrogen and oxygen atoms in total. The highest BCUT2D eigenvalue weighted by Crippen LogP contribution is 2.34. The lowest BCUT2D eigenvalue weighted by Crippen LogP contribution is -2.11. The van der Waals surface area contributed by atoms with Crippen LogP contribution in [0.1, 0.15) is 10.4 Å². The molecular formula is C18H13F2N3O2. The molecule has 0 bridgehead atoms. The molecular weight excluding hydrogens is 328 g/mol. The van der Waals surface area contributed by atoms with Gasteiger partial charge >= 0.3 is 0 Å². The molecule has 126 valence electrons. The van der Waals surface area contributed by atoms with Gasteiger partial charge in [-0.15, -0.1) is 0 Å². The number of fused-ring (bicyclic) bond motifs is 1. The third kappa shape index (κ3) is 2.87. The summed E-state index contributed by atoms with van der Waals surface area (Å²) in [6.07, 6.45) is 2.59. The molecule has 0 fully saturated rings. The molecule has 0 unspecified atom stereocenters. The van der Waals surface area contributed by atoms with Crippen LogP contribution in [-0.2, 0) is 4.79 Å². The van der Waals surface area contributed by atoms with E-state index in [0.29, 0.717) is 16.5 Å². The van der Waals surface area contributed by atoms with Crippen LogP contribution < -0.4 is 11.1 Å². The van der Waals surface area contributed by atoms with Crippen LogP contribution in [-0.4, -0.2) is 16.8 Å². The average Bonchev–Trinajstić information content (AvgIpc) is 3.06. The van der Waals surface area contributed by atoms with Gasteiger partial charge in [-0.2, -0.15) is 0 Å². The molecule has 25 heavy (non-hydrogen) atoms. The third-order valence-electron chi connectivity index (χ3n) is 3.76. The molecule has 0 saturated heterocycles. The van der Waals surface area contributed by atoms with E-state index in [1.165, 1.54) is 18.2 Å². The van der Waals surface area contributed by atoms with Crippen LogP contribution in [0.4, 0.5) is 14.5 Å². The highest BCUT2D eigenvalue weighted by molar-refractivity contribution is 6.09. The van der Waals surface area contributed by atoms with Crippen molar-refractivity contribution >= 4 is 28.4 Å². The Morgan fingerprint density at radius 1 is 1.16 bits per heavy atom. The number of H-pyrrole nitrogens is 1. The van der Waals surface area contributed by atoms with Crippen molar-refractivity contribution in [1.82, 2.24) is 4.98 Å². The lowest BCUT2D eigenvalue weighted by molar-refractivity contribution is -0.111. The van der Waals surface area contributed by atoms with Gasteiger partial charge in [0, 0.05) is 28.9 Å². The number of nitrogens with one attached hydrogen (secondary N) is 2. The van der Waals surface area contributed by atoms with Crippen molar-refractivity contribution in [3.63, 3.8) is 0 Å². The molecule has 0 spiro atoms. The number of hydrogen-bond acceptors (Lipinski definition) is 2. The Kier molecular flexibility index (Phi) is 4.06. The van der Waals surface area contributed by atoms with Crippen molar-refractivity contribution in [1.29, 1.82) is 0 Å². The minimum atomic E-state index is -1.11. The zero-order valence-electron chi connectivity index (χ0n) is 12.9. The van der Waals surface area contributed by atoms with E-state index in [2.05, 4.69) is 16.9 Å². The summed E-state index contributed by atoms with van der Waals surface area (Å²) >= 11 is 0. The first kappa shape index (κ1) is 16.4. The van der Waals surface area contributed by atoms with Gasteiger partial charge in [0.2, 0.25) is 5.91 Å². The van der Waals surface area contributed by atoms with Crippen molar-refractivity contribution in [3.05, 3.63) is 66.4 Å². The molecule has 0 saturated carbocycles. The van der Waals surface area contributed by atoms with Crippen molar-refractivity contribution < 1.29 is 18.4 Å². The van der Waals surface area contributed by atoms with E-state index < -0.39 is 23.4 Å².